The summed E-state index contributed by atoms with van der Waals surface area (Å²) >= 11 is 0. The van der Waals surface area contributed by atoms with E-state index in [1.54, 1.807) is 6.92 Å². The Balaban J connectivity index is 2.69. The van der Waals surface area contributed by atoms with Crippen LogP contribution in [0, 0.1) is 17.0 Å². The first-order valence-electron chi connectivity index (χ1n) is 6.52. The molecule has 2 unspecified atom stereocenters. The average molecular weight is 285 g/mol. The second-order valence-corrected chi connectivity index (χ2v) is 6.21. The van der Waals surface area contributed by atoms with Gasteiger partial charge in [-0.3, -0.25) is 4.79 Å². The molecule has 2 atom stereocenters. The van der Waals surface area contributed by atoms with E-state index in [2.05, 4.69) is 5.32 Å². The van der Waals surface area contributed by atoms with E-state index in [0.717, 1.165) is 12.1 Å². The normalized spacial score (nSPS) is 14.8. The monoisotopic (exact) mass is 285 g/mol. The van der Waals surface area contributed by atoms with Gasteiger partial charge < -0.3 is 10.4 Å². The fourth-order valence-corrected chi connectivity index (χ4v) is 1.85. The highest BCUT2D eigenvalue weighted by atomic mass is 19.2. The number of aliphatic hydroxyl groups is 1. The van der Waals surface area contributed by atoms with Crippen molar-refractivity contribution >= 4 is 5.91 Å². The number of aliphatic hydroxyl groups excluding tert-OH is 1. The van der Waals surface area contributed by atoms with Crippen LogP contribution in [0.5, 0.6) is 0 Å². The number of halogens is 2. The lowest BCUT2D eigenvalue weighted by molar-refractivity contribution is -0.124. The molecule has 0 heterocycles. The summed E-state index contributed by atoms with van der Waals surface area (Å²) in [6, 6.07) is 2.61. The van der Waals surface area contributed by atoms with Crippen LogP contribution in [0.15, 0.2) is 18.2 Å². The fourth-order valence-electron chi connectivity index (χ4n) is 1.85. The maximum atomic E-state index is 13.1. The van der Waals surface area contributed by atoms with Crippen LogP contribution < -0.4 is 5.32 Å². The van der Waals surface area contributed by atoms with Gasteiger partial charge in [-0.2, -0.15) is 0 Å². The van der Waals surface area contributed by atoms with Gasteiger partial charge in [0.25, 0.3) is 0 Å². The molecule has 112 valence electrons. The summed E-state index contributed by atoms with van der Waals surface area (Å²) in [6.45, 7) is 7.42. The minimum absolute atomic E-state index is 0.156. The number of carbonyl (C=O) groups excluding carboxylic acids is 1. The molecule has 3 nitrogen and oxygen atoms in total. The molecule has 0 aliphatic heterocycles. The lowest BCUT2D eigenvalue weighted by atomic mass is 9.91. The fraction of sp³-hybridized carbons (Fsp3) is 0.533. The first-order valence-corrected chi connectivity index (χ1v) is 6.52. The lowest BCUT2D eigenvalue weighted by Crippen LogP contribution is -2.38. The molecule has 0 spiro atoms. The Morgan fingerprint density at radius 1 is 1.30 bits per heavy atom. The van der Waals surface area contributed by atoms with Crippen LogP contribution in [0.25, 0.3) is 0 Å². The van der Waals surface area contributed by atoms with Gasteiger partial charge >= 0.3 is 0 Å². The molecule has 2 N–H and O–H groups in total. The third kappa shape index (κ3) is 4.89. The van der Waals surface area contributed by atoms with Gasteiger partial charge in [-0.15, -0.1) is 0 Å². The predicted octanol–water partition coefficient (Wildman–Crippen LogP) is 2.94. The summed E-state index contributed by atoms with van der Waals surface area (Å²) in [6.07, 6.45) is -0.768. The molecule has 1 rings (SSSR count). The number of amides is 1. The molecule has 0 aromatic heterocycles. The maximum Gasteiger partial charge on any atom is 0.220 e. The Morgan fingerprint density at radius 2 is 1.90 bits per heavy atom. The number of hydrogen-bond acceptors (Lipinski definition) is 2. The van der Waals surface area contributed by atoms with Crippen LogP contribution in [-0.4, -0.2) is 17.1 Å². The van der Waals surface area contributed by atoms with Gasteiger partial charge in [0, 0.05) is 6.42 Å². The number of hydrogen-bond donors (Lipinski definition) is 2. The summed E-state index contributed by atoms with van der Waals surface area (Å²) in [5.41, 5.74) is 0.0731. The molecule has 1 aromatic carbocycles. The standard InChI is InChI=1S/C15H21F2NO2/c1-9(18-13(19)8-15(2,3)4)14(20)10-5-6-11(16)12(17)7-10/h5-7,9,14,20H,8H2,1-4H3,(H,18,19). The van der Waals surface area contributed by atoms with Crippen molar-refractivity contribution in [2.45, 2.75) is 46.3 Å². The summed E-state index contributed by atoms with van der Waals surface area (Å²) < 4.78 is 25.9. The smallest absolute Gasteiger partial charge is 0.220 e. The molecule has 20 heavy (non-hydrogen) atoms. The molecule has 0 fully saturated rings. The molecule has 5 heteroatoms. The van der Waals surface area contributed by atoms with E-state index in [9.17, 15) is 18.7 Å². The van der Waals surface area contributed by atoms with E-state index in [1.165, 1.54) is 6.07 Å². The Labute approximate surface area is 118 Å². The zero-order valence-corrected chi connectivity index (χ0v) is 12.2. The highest BCUT2D eigenvalue weighted by molar-refractivity contribution is 5.76. The number of rotatable bonds is 4. The van der Waals surface area contributed by atoms with Gasteiger partial charge in [0.1, 0.15) is 0 Å². The minimum atomic E-state index is -1.09. The van der Waals surface area contributed by atoms with Crippen LogP contribution in [-0.2, 0) is 4.79 Å². The van der Waals surface area contributed by atoms with Gasteiger partial charge in [0.05, 0.1) is 12.1 Å². The quantitative estimate of drug-likeness (QED) is 0.893. The van der Waals surface area contributed by atoms with Crippen molar-refractivity contribution in [3.63, 3.8) is 0 Å². The number of nitrogens with one attached hydrogen (secondary N) is 1. The molecular formula is C15H21F2NO2. The highest BCUT2D eigenvalue weighted by Crippen LogP contribution is 2.21. The van der Waals surface area contributed by atoms with Gasteiger partial charge in [-0.1, -0.05) is 26.8 Å². The van der Waals surface area contributed by atoms with E-state index in [1.807, 2.05) is 20.8 Å². The van der Waals surface area contributed by atoms with Crippen LogP contribution >= 0.6 is 0 Å². The summed E-state index contributed by atoms with van der Waals surface area (Å²) in [4.78, 5) is 11.8. The summed E-state index contributed by atoms with van der Waals surface area (Å²) in [7, 11) is 0. The summed E-state index contributed by atoms with van der Waals surface area (Å²) in [5.74, 6) is -2.17. The average Bonchev–Trinajstić information content (AvgIpc) is 2.29. The SMILES string of the molecule is CC(NC(=O)CC(C)(C)C)C(O)c1ccc(F)c(F)c1. The Kier molecular flexibility index (Phi) is 5.22. The molecule has 0 bridgehead atoms. The Bertz CT molecular complexity index is 483. The molecule has 0 aliphatic carbocycles. The van der Waals surface area contributed by atoms with Crippen LogP contribution in [0.1, 0.15) is 45.8 Å². The topological polar surface area (TPSA) is 49.3 Å². The van der Waals surface area contributed by atoms with Crippen molar-refractivity contribution in [1.29, 1.82) is 0 Å². The largest absolute Gasteiger partial charge is 0.386 e. The van der Waals surface area contributed by atoms with Gasteiger partial charge in [-0.25, -0.2) is 8.78 Å². The van der Waals surface area contributed by atoms with Crippen LogP contribution in [0.4, 0.5) is 8.78 Å². The van der Waals surface area contributed by atoms with E-state index < -0.39 is 23.8 Å². The van der Waals surface area contributed by atoms with Crippen molar-refractivity contribution < 1.29 is 18.7 Å². The zero-order chi connectivity index (χ0) is 15.5. The molecule has 1 aromatic rings. The van der Waals surface area contributed by atoms with E-state index >= 15 is 0 Å². The summed E-state index contributed by atoms with van der Waals surface area (Å²) in [5, 5.41) is 12.7. The minimum Gasteiger partial charge on any atom is -0.386 e. The molecule has 1 amide bonds. The first-order chi connectivity index (χ1) is 9.10. The third-order valence-electron chi connectivity index (χ3n) is 2.84. The number of benzene rings is 1. The third-order valence-corrected chi connectivity index (χ3v) is 2.84. The lowest BCUT2D eigenvalue weighted by Gasteiger charge is -2.23. The highest BCUT2D eigenvalue weighted by Gasteiger charge is 2.22. The first kappa shape index (κ1) is 16.6. The van der Waals surface area contributed by atoms with Gasteiger partial charge in [0.2, 0.25) is 5.91 Å². The Hall–Kier alpha value is -1.49. The second-order valence-electron chi connectivity index (χ2n) is 6.21. The van der Waals surface area contributed by atoms with Crippen molar-refractivity contribution in [3.8, 4) is 0 Å². The van der Waals surface area contributed by atoms with Crippen LogP contribution in [0.3, 0.4) is 0 Å². The second kappa shape index (κ2) is 6.31. The predicted molar refractivity (Wildman–Crippen MR) is 73.0 cm³/mol. The van der Waals surface area contributed by atoms with Crippen LogP contribution in [0.2, 0.25) is 0 Å². The van der Waals surface area contributed by atoms with Crippen molar-refractivity contribution in [2.24, 2.45) is 5.41 Å². The van der Waals surface area contributed by atoms with Crippen molar-refractivity contribution in [3.05, 3.63) is 35.4 Å². The molecular weight excluding hydrogens is 264 g/mol. The molecule has 0 saturated heterocycles. The van der Waals surface area contributed by atoms with Crippen molar-refractivity contribution in [1.82, 2.24) is 5.32 Å². The molecule has 0 radical (unpaired) electrons. The Morgan fingerprint density at radius 3 is 2.40 bits per heavy atom. The van der Waals surface area contributed by atoms with Crippen molar-refractivity contribution in [2.75, 3.05) is 0 Å². The van der Waals surface area contributed by atoms with E-state index in [0.29, 0.717) is 6.42 Å². The maximum absolute atomic E-state index is 13.1. The van der Waals surface area contributed by atoms with Gasteiger partial charge in [0.15, 0.2) is 11.6 Å². The van der Waals surface area contributed by atoms with E-state index in [4.69, 9.17) is 0 Å². The molecule has 0 aliphatic rings. The number of carbonyl (C=O) groups is 1. The van der Waals surface area contributed by atoms with E-state index in [-0.39, 0.29) is 16.9 Å². The van der Waals surface area contributed by atoms with Gasteiger partial charge in [-0.05, 0) is 30.0 Å². The molecule has 0 saturated carbocycles. The zero-order valence-electron chi connectivity index (χ0n) is 12.2.